The lowest BCUT2D eigenvalue weighted by atomic mass is 9.94. The van der Waals surface area contributed by atoms with Gasteiger partial charge in [-0.2, -0.15) is 0 Å². The molecule has 2 rings (SSSR count). The summed E-state index contributed by atoms with van der Waals surface area (Å²) in [5.41, 5.74) is 6.58. The Bertz CT molecular complexity index is 481. The smallest absolute Gasteiger partial charge is 0.255 e. The molecule has 0 aromatic heterocycles. The molecule has 104 valence electrons. The molecule has 2 unspecified atom stereocenters. The van der Waals surface area contributed by atoms with E-state index in [2.05, 4.69) is 6.92 Å². The highest BCUT2D eigenvalue weighted by molar-refractivity contribution is 7.98. The van der Waals surface area contributed by atoms with Crippen molar-refractivity contribution < 1.29 is 4.79 Å². The minimum atomic E-state index is 0.0136. The molecule has 1 heterocycles. The zero-order valence-electron chi connectivity index (χ0n) is 11.2. The van der Waals surface area contributed by atoms with Gasteiger partial charge >= 0.3 is 0 Å². The van der Waals surface area contributed by atoms with Crippen LogP contribution in [-0.4, -0.2) is 36.2 Å². The van der Waals surface area contributed by atoms with Gasteiger partial charge in [-0.1, -0.05) is 18.5 Å². The molecule has 19 heavy (non-hydrogen) atoms. The number of likely N-dealkylation sites (tertiary alicyclic amines) is 1. The van der Waals surface area contributed by atoms with Crippen LogP contribution in [0.2, 0.25) is 5.02 Å². The summed E-state index contributed by atoms with van der Waals surface area (Å²) in [5.74, 6) is 0.347. The van der Waals surface area contributed by atoms with Gasteiger partial charge in [0.2, 0.25) is 0 Å². The maximum atomic E-state index is 12.5. The van der Waals surface area contributed by atoms with Crippen molar-refractivity contribution in [3.63, 3.8) is 0 Å². The molecule has 1 aromatic carbocycles. The first-order chi connectivity index (χ1) is 9.02. The topological polar surface area (TPSA) is 46.3 Å². The number of hydrogen-bond donors (Lipinski definition) is 1. The van der Waals surface area contributed by atoms with Crippen molar-refractivity contribution in [2.75, 3.05) is 19.3 Å². The first kappa shape index (κ1) is 14.7. The maximum absolute atomic E-state index is 12.5. The largest absolute Gasteiger partial charge is 0.338 e. The van der Waals surface area contributed by atoms with E-state index < -0.39 is 0 Å². The average molecular weight is 299 g/mol. The zero-order valence-corrected chi connectivity index (χ0v) is 12.8. The Hall–Kier alpha value is -0.710. The van der Waals surface area contributed by atoms with Crippen LogP contribution in [0, 0.1) is 5.92 Å². The number of amides is 1. The summed E-state index contributed by atoms with van der Waals surface area (Å²) in [6.07, 6.45) is 2.84. The fourth-order valence-corrected chi connectivity index (χ4v) is 2.95. The normalized spacial score (nSPS) is 23.5. The number of nitrogens with two attached hydrogens (primary N) is 1. The van der Waals surface area contributed by atoms with Crippen LogP contribution < -0.4 is 5.73 Å². The Kier molecular flexibility index (Phi) is 4.76. The molecule has 0 spiro atoms. The molecular weight excluding hydrogens is 280 g/mol. The van der Waals surface area contributed by atoms with E-state index >= 15 is 0 Å². The number of piperidine rings is 1. The van der Waals surface area contributed by atoms with E-state index in [1.807, 2.05) is 23.3 Å². The van der Waals surface area contributed by atoms with Gasteiger partial charge in [-0.05, 0) is 36.8 Å². The SMILES string of the molecule is CSc1ccc(Cl)c(C(=O)N2CCC(N)C(C)C2)c1. The third-order valence-electron chi connectivity index (χ3n) is 3.66. The number of rotatable bonds is 2. The van der Waals surface area contributed by atoms with E-state index in [1.54, 1.807) is 17.8 Å². The molecule has 1 amide bonds. The third kappa shape index (κ3) is 3.25. The molecule has 0 radical (unpaired) electrons. The number of hydrogen-bond acceptors (Lipinski definition) is 3. The Morgan fingerprint density at radius 1 is 1.53 bits per heavy atom. The van der Waals surface area contributed by atoms with Gasteiger partial charge in [-0.3, -0.25) is 4.79 Å². The predicted molar refractivity (Wildman–Crippen MR) is 80.9 cm³/mol. The lowest BCUT2D eigenvalue weighted by Crippen LogP contribution is -2.48. The number of nitrogens with zero attached hydrogens (tertiary/aromatic N) is 1. The summed E-state index contributed by atoms with van der Waals surface area (Å²) in [5, 5.41) is 0.519. The van der Waals surface area contributed by atoms with E-state index in [0.717, 1.165) is 11.3 Å². The first-order valence-corrected chi connectivity index (χ1v) is 8.01. The highest BCUT2D eigenvalue weighted by Gasteiger charge is 2.27. The van der Waals surface area contributed by atoms with Gasteiger partial charge < -0.3 is 10.6 Å². The third-order valence-corrected chi connectivity index (χ3v) is 4.72. The highest BCUT2D eigenvalue weighted by atomic mass is 35.5. The van der Waals surface area contributed by atoms with Crippen LogP contribution in [0.15, 0.2) is 23.1 Å². The van der Waals surface area contributed by atoms with Crippen LogP contribution >= 0.6 is 23.4 Å². The monoisotopic (exact) mass is 298 g/mol. The molecule has 2 N–H and O–H groups in total. The van der Waals surface area contributed by atoms with Crippen molar-refractivity contribution in [2.45, 2.75) is 24.3 Å². The highest BCUT2D eigenvalue weighted by Crippen LogP contribution is 2.26. The number of benzene rings is 1. The molecule has 2 atom stereocenters. The van der Waals surface area contributed by atoms with E-state index in [0.29, 0.717) is 29.6 Å². The van der Waals surface area contributed by atoms with Crippen LogP contribution in [0.25, 0.3) is 0 Å². The quantitative estimate of drug-likeness (QED) is 0.854. The molecular formula is C14H19ClN2OS. The summed E-state index contributed by atoms with van der Waals surface area (Å²) in [6.45, 7) is 3.51. The standard InChI is InChI=1S/C14H19ClN2OS/c1-9-8-17(6-5-13(9)16)14(18)11-7-10(19-2)3-4-12(11)15/h3-4,7,9,13H,5-6,8,16H2,1-2H3. The van der Waals surface area contributed by atoms with Crippen molar-refractivity contribution >= 4 is 29.3 Å². The van der Waals surface area contributed by atoms with Gasteiger partial charge in [0, 0.05) is 24.0 Å². The number of thioether (sulfide) groups is 1. The molecule has 3 nitrogen and oxygen atoms in total. The average Bonchev–Trinajstić information content (AvgIpc) is 2.41. The van der Waals surface area contributed by atoms with Crippen molar-refractivity contribution in [1.82, 2.24) is 4.90 Å². The molecule has 1 aromatic rings. The van der Waals surface area contributed by atoms with E-state index in [-0.39, 0.29) is 11.9 Å². The van der Waals surface area contributed by atoms with Crippen LogP contribution in [0.3, 0.4) is 0 Å². The van der Waals surface area contributed by atoms with E-state index in [4.69, 9.17) is 17.3 Å². The second-order valence-electron chi connectivity index (χ2n) is 5.03. The Balaban J connectivity index is 2.20. The Labute approximate surface area is 123 Å². The molecule has 1 saturated heterocycles. The van der Waals surface area contributed by atoms with E-state index in [1.165, 1.54) is 0 Å². The van der Waals surface area contributed by atoms with Crippen LogP contribution in [0.5, 0.6) is 0 Å². The van der Waals surface area contributed by atoms with Gasteiger partial charge in [0.15, 0.2) is 0 Å². The molecule has 5 heteroatoms. The summed E-state index contributed by atoms with van der Waals surface area (Å²) in [6, 6.07) is 5.78. The molecule has 1 aliphatic heterocycles. The molecule has 0 aliphatic carbocycles. The van der Waals surface area contributed by atoms with Crippen molar-refractivity contribution in [2.24, 2.45) is 11.7 Å². The van der Waals surface area contributed by atoms with Crippen LogP contribution in [0.4, 0.5) is 0 Å². The summed E-state index contributed by atoms with van der Waals surface area (Å²) >= 11 is 7.76. The number of carbonyl (C=O) groups excluding carboxylic acids is 1. The summed E-state index contributed by atoms with van der Waals surface area (Å²) < 4.78 is 0. The Morgan fingerprint density at radius 3 is 2.89 bits per heavy atom. The summed E-state index contributed by atoms with van der Waals surface area (Å²) in [4.78, 5) is 15.4. The van der Waals surface area contributed by atoms with Gasteiger partial charge in [-0.15, -0.1) is 11.8 Å². The predicted octanol–water partition coefficient (Wildman–Crippen LogP) is 2.87. The Morgan fingerprint density at radius 2 is 2.26 bits per heavy atom. The van der Waals surface area contributed by atoms with E-state index in [9.17, 15) is 4.79 Å². The first-order valence-electron chi connectivity index (χ1n) is 6.41. The fraction of sp³-hybridized carbons (Fsp3) is 0.500. The van der Waals surface area contributed by atoms with Gasteiger partial charge in [0.05, 0.1) is 10.6 Å². The zero-order chi connectivity index (χ0) is 14.0. The number of halogens is 1. The lowest BCUT2D eigenvalue weighted by molar-refractivity contribution is 0.0664. The van der Waals surface area contributed by atoms with Crippen molar-refractivity contribution in [3.8, 4) is 0 Å². The minimum Gasteiger partial charge on any atom is -0.338 e. The van der Waals surface area contributed by atoms with Gasteiger partial charge in [-0.25, -0.2) is 0 Å². The molecule has 0 saturated carbocycles. The van der Waals surface area contributed by atoms with Gasteiger partial charge in [0.25, 0.3) is 5.91 Å². The molecule has 1 fully saturated rings. The summed E-state index contributed by atoms with van der Waals surface area (Å²) in [7, 11) is 0. The fourth-order valence-electron chi connectivity index (χ4n) is 2.31. The molecule has 0 bridgehead atoms. The lowest BCUT2D eigenvalue weighted by Gasteiger charge is -2.35. The second kappa shape index (κ2) is 6.16. The van der Waals surface area contributed by atoms with Gasteiger partial charge in [0.1, 0.15) is 0 Å². The maximum Gasteiger partial charge on any atom is 0.255 e. The van der Waals surface area contributed by atoms with Crippen LogP contribution in [-0.2, 0) is 0 Å². The van der Waals surface area contributed by atoms with Crippen molar-refractivity contribution in [1.29, 1.82) is 0 Å². The van der Waals surface area contributed by atoms with Crippen LogP contribution in [0.1, 0.15) is 23.7 Å². The number of carbonyl (C=O) groups is 1. The van der Waals surface area contributed by atoms with Crippen molar-refractivity contribution in [3.05, 3.63) is 28.8 Å². The minimum absolute atomic E-state index is 0.0136. The molecule has 1 aliphatic rings. The second-order valence-corrected chi connectivity index (χ2v) is 6.31.